The molecule has 0 fully saturated rings. The van der Waals surface area contributed by atoms with E-state index >= 15 is 0 Å². The van der Waals surface area contributed by atoms with Gasteiger partial charge in [-0.15, -0.1) is 0 Å². The van der Waals surface area contributed by atoms with Crippen LogP contribution in [0.25, 0.3) is 0 Å². The third-order valence-corrected chi connectivity index (χ3v) is 3.74. The molecule has 0 bridgehead atoms. The Balaban J connectivity index is 1.98. The van der Waals surface area contributed by atoms with Gasteiger partial charge in [0.2, 0.25) is 0 Å². The number of carbonyl (C=O) groups is 3. The van der Waals surface area contributed by atoms with E-state index in [1.807, 2.05) is 0 Å². The number of hydrogen-bond acceptors (Lipinski definition) is 7. The molecule has 7 heteroatoms. The molecule has 0 aromatic heterocycles. The highest BCUT2D eigenvalue weighted by Crippen LogP contribution is 2.27. The summed E-state index contributed by atoms with van der Waals surface area (Å²) in [4.78, 5) is 34.3. The number of ketones is 1. The summed E-state index contributed by atoms with van der Waals surface area (Å²) < 4.78 is 20.9. The second-order valence-corrected chi connectivity index (χ2v) is 5.56. The Bertz CT molecular complexity index is 842. The predicted molar refractivity (Wildman–Crippen MR) is 96.7 cm³/mol. The fraction of sp³-hybridized carbons (Fsp3) is 0.250. The zero-order valence-electron chi connectivity index (χ0n) is 15.3. The maximum Gasteiger partial charge on any atom is 0.344 e. The van der Waals surface area contributed by atoms with Crippen molar-refractivity contribution in [1.29, 1.82) is 0 Å². The van der Waals surface area contributed by atoms with Crippen LogP contribution in [0.5, 0.6) is 17.2 Å². The molecule has 0 saturated heterocycles. The van der Waals surface area contributed by atoms with E-state index in [9.17, 15) is 14.4 Å². The molecule has 0 atom stereocenters. The van der Waals surface area contributed by atoms with Gasteiger partial charge in [0.25, 0.3) is 0 Å². The topological polar surface area (TPSA) is 88.1 Å². The monoisotopic (exact) mass is 372 g/mol. The van der Waals surface area contributed by atoms with Gasteiger partial charge in [-0.05, 0) is 43.3 Å². The van der Waals surface area contributed by atoms with Gasteiger partial charge < -0.3 is 18.9 Å². The molecule has 0 aliphatic carbocycles. The minimum atomic E-state index is -0.605. The molecule has 0 N–H and O–H groups in total. The molecule has 0 saturated carbocycles. The normalized spacial score (nSPS) is 10.0. The molecule has 27 heavy (non-hydrogen) atoms. The lowest BCUT2D eigenvalue weighted by Crippen LogP contribution is -2.15. The third kappa shape index (κ3) is 5.31. The lowest BCUT2D eigenvalue weighted by Gasteiger charge is -2.12. The number of carbonyl (C=O) groups excluding carboxylic acids is 3. The van der Waals surface area contributed by atoms with Gasteiger partial charge in [-0.25, -0.2) is 4.79 Å². The average Bonchev–Trinajstić information content (AvgIpc) is 2.70. The van der Waals surface area contributed by atoms with Crippen molar-refractivity contribution in [3.05, 3.63) is 53.1 Å². The van der Waals surface area contributed by atoms with Crippen LogP contribution in [-0.4, -0.2) is 38.9 Å². The minimum absolute atomic E-state index is 0.0618. The van der Waals surface area contributed by atoms with Crippen LogP contribution in [0.1, 0.15) is 33.2 Å². The third-order valence-electron chi connectivity index (χ3n) is 3.74. The van der Waals surface area contributed by atoms with E-state index in [0.29, 0.717) is 40.2 Å². The van der Waals surface area contributed by atoms with Gasteiger partial charge >= 0.3 is 5.97 Å². The van der Waals surface area contributed by atoms with Gasteiger partial charge in [0.05, 0.1) is 14.2 Å². The van der Waals surface area contributed by atoms with Crippen molar-refractivity contribution in [3.63, 3.8) is 0 Å². The van der Waals surface area contributed by atoms with Crippen LogP contribution in [0, 0.1) is 0 Å². The summed E-state index contributed by atoms with van der Waals surface area (Å²) in [6.07, 6.45) is 0.684. The number of ether oxygens (including phenoxy) is 4. The molecule has 2 rings (SSSR count). The lowest BCUT2D eigenvalue weighted by atomic mass is 10.1. The smallest absolute Gasteiger partial charge is 0.344 e. The molecule has 7 nitrogen and oxygen atoms in total. The molecule has 0 spiro atoms. The van der Waals surface area contributed by atoms with Crippen molar-refractivity contribution in [1.82, 2.24) is 0 Å². The largest absolute Gasteiger partial charge is 0.496 e. The second kappa shape index (κ2) is 9.38. The van der Waals surface area contributed by atoms with Gasteiger partial charge in [0.15, 0.2) is 23.9 Å². The van der Waals surface area contributed by atoms with Crippen LogP contribution in [0.15, 0.2) is 36.4 Å². The summed E-state index contributed by atoms with van der Waals surface area (Å²) in [6.45, 7) is 1.05. The highest BCUT2D eigenvalue weighted by atomic mass is 16.6. The zero-order valence-corrected chi connectivity index (χ0v) is 15.3. The number of aldehydes is 1. The molecule has 0 unspecified atom stereocenters. The molecular formula is C20H20O7. The Morgan fingerprint density at radius 3 is 2.30 bits per heavy atom. The first kappa shape index (κ1) is 20.0. The van der Waals surface area contributed by atoms with Gasteiger partial charge in [-0.1, -0.05) is 0 Å². The number of benzene rings is 2. The van der Waals surface area contributed by atoms with Crippen LogP contribution in [0.2, 0.25) is 0 Å². The van der Waals surface area contributed by atoms with Gasteiger partial charge in [0.1, 0.15) is 18.6 Å². The van der Waals surface area contributed by atoms with Crippen LogP contribution in [0.3, 0.4) is 0 Å². The fourth-order valence-corrected chi connectivity index (χ4v) is 2.32. The molecule has 0 aliphatic heterocycles. The van der Waals surface area contributed by atoms with E-state index in [2.05, 4.69) is 0 Å². The van der Waals surface area contributed by atoms with Crippen molar-refractivity contribution in [3.8, 4) is 17.2 Å². The standard InChI is InChI=1S/C20H20O7/c1-13(22)15-5-7-17(24-2)16(9-15)11-27-20(23)12-26-18-6-4-14(10-21)8-19(18)25-3/h4-10H,11-12H2,1-3H3. The highest BCUT2D eigenvalue weighted by molar-refractivity contribution is 5.94. The fourth-order valence-electron chi connectivity index (χ4n) is 2.32. The molecule has 2 aromatic rings. The van der Waals surface area contributed by atoms with Crippen molar-refractivity contribution in [2.45, 2.75) is 13.5 Å². The highest BCUT2D eigenvalue weighted by Gasteiger charge is 2.12. The van der Waals surface area contributed by atoms with E-state index in [0.717, 1.165) is 0 Å². The van der Waals surface area contributed by atoms with Crippen LogP contribution in [-0.2, 0) is 16.1 Å². The molecule has 0 amide bonds. The van der Waals surface area contributed by atoms with Crippen molar-refractivity contribution >= 4 is 18.0 Å². The summed E-state index contributed by atoms with van der Waals surface area (Å²) in [5, 5.41) is 0. The SMILES string of the molecule is COc1ccc(C(C)=O)cc1COC(=O)COc1ccc(C=O)cc1OC. The first-order chi connectivity index (χ1) is 13.0. The van der Waals surface area contributed by atoms with Gasteiger partial charge in [0, 0.05) is 16.7 Å². The van der Waals surface area contributed by atoms with E-state index in [1.54, 1.807) is 24.3 Å². The van der Waals surface area contributed by atoms with E-state index in [1.165, 1.54) is 33.3 Å². The van der Waals surface area contributed by atoms with Gasteiger partial charge in [-0.2, -0.15) is 0 Å². The Kier molecular flexibility index (Phi) is 6.93. The Morgan fingerprint density at radius 1 is 0.963 bits per heavy atom. The number of hydrogen-bond donors (Lipinski definition) is 0. The molecule has 142 valence electrons. The molecular weight excluding hydrogens is 352 g/mol. The predicted octanol–water partition coefficient (Wildman–Crippen LogP) is 2.84. The van der Waals surface area contributed by atoms with Crippen LogP contribution >= 0.6 is 0 Å². The van der Waals surface area contributed by atoms with E-state index < -0.39 is 5.97 Å². The van der Waals surface area contributed by atoms with Crippen LogP contribution < -0.4 is 14.2 Å². The van der Waals surface area contributed by atoms with Crippen molar-refractivity contribution in [2.24, 2.45) is 0 Å². The number of Topliss-reactive ketones (excluding diaryl/α,β-unsaturated/α-hetero) is 1. The Hall–Kier alpha value is -3.35. The summed E-state index contributed by atoms with van der Waals surface area (Å²) in [5.74, 6) is 0.463. The summed E-state index contributed by atoms with van der Waals surface area (Å²) in [5.41, 5.74) is 1.50. The lowest BCUT2D eigenvalue weighted by molar-refractivity contribution is -0.147. The van der Waals surface area contributed by atoms with E-state index in [-0.39, 0.29) is 19.0 Å². The second-order valence-electron chi connectivity index (χ2n) is 5.56. The first-order valence-corrected chi connectivity index (χ1v) is 8.08. The summed E-state index contributed by atoms with van der Waals surface area (Å²) in [6, 6.07) is 9.51. The maximum atomic E-state index is 12.0. The number of esters is 1. The number of rotatable bonds is 9. The molecule has 2 aromatic carbocycles. The van der Waals surface area contributed by atoms with Crippen molar-refractivity contribution < 1.29 is 33.3 Å². The maximum absolute atomic E-state index is 12.0. The Labute approximate surface area is 156 Å². The zero-order chi connectivity index (χ0) is 19.8. The average molecular weight is 372 g/mol. The molecule has 0 aliphatic rings. The van der Waals surface area contributed by atoms with Crippen molar-refractivity contribution in [2.75, 3.05) is 20.8 Å². The molecule has 0 radical (unpaired) electrons. The summed E-state index contributed by atoms with van der Waals surface area (Å²) >= 11 is 0. The number of methoxy groups -OCH3 is 2. The summed E-state index contributed by atoms with van der Waals surface area (Å²) in [7, 11) is 2.93. The minimum Gasteiger partial charge on any atom is -0.496 e. The van der Waals surface area contributed by atoms with Crippen LogP contribution in [0.4, 0.5) is 0 Å². The van der Waals surface area contributed by atoms with E-state index in [4.69, 9.17) is 18.9 Å². The van der Waals surface area contributed by atoms with Gasteiger partial charge in [-0.3, -0.25) is 9.59 Å². The first-order valence-electron chi connectivity index (χ1n) is 8.08. The quantitative estimate of drug-likeness (QED) is 0.380. The Morgan fingerprint density at radius 2 is 1.67 bits per heavy atom. The molecule has 0 heterocycles.